The smallest absolute Gasteiger partial charge is 0.410 e. The van der Waals surface area contributed by atoms with Gasteiger partial charge in [-0.2, -0.15) is 0 Å². The van der Waals surface area contributed by atoms with Gasteiger partial charge in [0, 0.05) is 36.9 Å². The molecule has 1 aliphatic rings. The van der Waals surface area contributed by atoms with E-state index in [4.69, 9.17) is 16.3 Å². The van der Waals surface area contributed by atoms with Gasteiger partial charge in [0.15, 0.2) is 0 Å². The van der Waals surface area contributed by atoms with Gasteiger partial charge < -0.3 is 19.9 Å². The average Bonchev–Trinajstić information content (AvgIpc) is 2.74. The van der Waals surface area contributed by atoms with Crippen LogP contribution in [0.15, 0.2) is 24.3 Å². The number of ether oxygens (including phenoxy) is 1. The van der Waals surface area contributed by atoms with Crippen LogP contribution < -0.4 is 5.32 Å². The number of nitrogens with zero attached hydrogens (tertiary/aromatic N) is 2. The fraction of sp³-hybridized carbons (Fsp3) is 0.529. The molecule has 3 amide bonds. The van der Waals surface area contributed by atoms with Crippen molar-refractivity contribution in [2.45, 2.75) is 32.8 Å². The third-order valence-corrected chi connectivity index (χ3v) is 3.78. The standard InChI is InChI=1S/C17H24ClN3O3/c1-17(2,3)24-16(23)21-10-4-9-20(11-12-21)15(22)19-14-7-5-13(18)6-8-14/h5-8H,4,9-12H2,1-3H3,(H,19,22). The summed E-state index contributed by atoms with van der Waals surface area (Å²) in [6.07, 6.45) is 0.385. The van der Waals surface area contributed by atoms with Crippen molar-refractivity contribution in [1.82, 2.24) is 9.80 Å². The van der Waals surface area contributed by atoms with E-state index in [-0.39, 0.29) is 12.1 Å². The number of anilines is 1. The van der Waals surface area contributed by atoms with Gasteiger partial charge in [0.1, 0.15) is 5.60 Å². The van der Waals surface area contributed by atoms with Gasteiger partial charge in [0.2, 0.25) is 0 Å². The summed E-state index contributed by atoms with van der Waals surface area (Å²) in [5, 5.41) is 3.46. The number of hydrogen-bond acceptors (Lipinski definition) is 3. The normalized spacial score (nSPS) is 15.7. The highest BCUT2D eigenvalue weighted by atomic mass is 35.5. The Morgan fingerprint density at radius 1 is 1.04 bits per heavy atom. The summed E-state index contributed by atoms with van der Waals surface area (Å²) in [6.45, 7) is 7.64. The third-order valence-electron chi connectivity index (χ3n) is 3.53. The Morgan fingerprint density at radius 3 is 2.25 bits per heavy atom. The Morgan fingerprint density at radius 2 is 1.62 bits per heavy atom. The van der Waals surface area contributed by atoms with Crippen molar-refractivity contribution in [3.05, 3.63) is 29.3 Å². The molecular formula is C17H24ClN3O3. The molecule has 1 aromatic rings. The Bertz CT molecular complexity index is 584. The summed E-state index contributed by atoms with van der Waals surface area (Å²) >= 11 is 5.84. The summed E-state index contributed by atoms with van der Waals surface area (Å²) in [4.78, 5) is 27.9. The number of rotatable bonds is 1. The molecule has 0 bridgehead atoms. The van der Waals surface area contributed by atoms with E-state index in [2.05, 4.69) is 5.32 Å². The van der Waals surface area contributed by atoms with Crippen molar-refractivity contribution < 1.29 is 14.3 Å². The van der Waals surface area contributed by atoms with Crippen molar-refractivity contribution in [3.8, 4) is 0 Å². The minimum absolute atomic E-state index is 0.177. The first-order chi connectivity index (χ1) is 11.2. The molecule has 0 aliphatic carbocycles. The lowest BCUT2D eigenvalue weighted by molar-refractivity contribution is 0.0259. The number of carbonyl (C=O) groups is 2. The molecule has 1 heterocycles. The van der Waals surface area contributed by atoms with Crippen molar-refractivity contribution in [2.75, 3.05) is 31.5 Å². The Balaban J connectivity index is 1.89. The molecule has 2 rings (SSSR count). The molecule has 0 unspecified atom stereocenters. The van der Waals surface area contributed by atoms with E-state index in [1.165, 1.54) is 0 Å². The van der Waals surface area contributed by atoms with Gasteiger partial charge in [0.05, 0.1) is 0 Å². The van der Waals surface area contributed by atoms with E-state index < -0.39 is 5.60 Å². The van der Waals surface area contributed by atoms with E-state index in [0.29, 0.717) is 43.3 Å². The molecule has 6 nitrogen and oxygen atoms in total. The third kappa shape index (κ3) is 5.60. The first-order valence-corrected chi connectivity index (χ1v) is 8.42. The topological polar surface area (TPSA) is 61.9 Å². The summed E-state index contributed by atoms with van der Waals surface area (Å²) in [5.74, 6) is 0. The number of amides is 3. The maximum Gasteiger partial charge on any atom is 0.410 e. The van der Waals surface area contributed by atoms with Gasteiger partial charge in [-0.1, -0.05) is 11.6 Å². The summed E-state index contributed by atoms with van der Waals surface area (Å²) in [6, 6.07) is 6.78. The maximum absolute atomic E-state index is 12.4. The van der Waals surface area contributed by atoms with Gasteiger partial charge in [-0.25, -0.2) is 9.59 Å². The minimum atomic E-state index is -0.519. The first kappa shape index (κ1) is 18.4. The van der Waals surface area contributed by atoms with Crippen LogP contribution in [-0.2, 0) is 4.74 Å². The Kier molecular flexibility index (Phi) is 5.94. The predicted octanol–water partition coefficient (Wildman–Crippen LogP) is 3.81. The van der Waals surface area contributed by atoms with Gasteiger partial charge in [-0.15, -0.1) is 0 Å². The lowest BCUT2D eigenvalue weighted by atomic mass is 10.2. The highest BCUT2D eigenvalue weighted by Crippen LogP contribution is 2.15. The molecule has 1 N–H and O–H groups in total. The minimum Gasteiger partial charge on any atom is -0.444 e. The van der Waals surface area contributed by atoms with Crippen LogP contribution in [0, 0.1) is 0 Å². The predicted molar refractivity (Wildman–Crippen MR) is 94.5 cm³/mol. The molecule has 0 saturated carbocycles. The molecule has 0 aromatic heterocycles. The molecule has 24 heavy (non-hydrogen) atoms. The molecule has 1 aromatic carbocycles. The molecule has 132 valence electrons. The van der Waals surface area contributed by atoms with E-state index in [1.54, 1.807) is 34.1 Å². The molecular weight excluding hydrogens is 330 g/mol. The van der Waals surface area contributed by atoms with Gasteiger partial charge in [-0.3, -0.25) is 0 Å². The van der Waals surface area contributed by atoms with E-state index in [9.17, 15) is 9.59 Å². The highest BCUT2D eigenvalue weighted by molar-refractivity contribution is 6.30. The molecule has 0 atom stereocenters. The summed E-state index contributed by atoms with van der Waals surface area (Å²) in [7, 11) is 0. The van der Waals surface area contributed by atoms with Crippen molar-refractivity contribution in [1.29, 1.82) is 0 Å². The van der Waals surface area contributed by atoms with E-state index >= 15 is 0 Å². The second-order valence-electron chi connectivity index (χ2n) is 6.75. The lowest BCUT2D eigenvalue weighted by Gasteiger charge is -2.26. The molecule has 1 saturated heterocycles. The average molecular weight is 354 g/mol. The van der Waals surface area contributed by atoms with E-state index in [1.807, 2.05) is 20.8 Å². The number of urea groups is 1. The maximum atomic E-state index is 12.4. The number of hydrogen-bond donors (Lipinski definition) is 1. The monoisotopic (exact) mass is 353 g/mol. The van der Waals surface area contributed by atoms with E-state index in [0.717, 1.165) is 0 Å². The zero-order valence-corrected chi connectivity index (χ0v) is 15.1. The zero-order valence-electron chi connectivity index (χ0n) is 14.3. The SMILES string of the molecule is CC(C)(C)OC(=O)N1CCCN(C(=O)Nc2ccc(Cl)cc2)CC1. The van der Waals surface area contributed by atoms with Crippen LogP contribution in [0.1, 0.15) is 27.2 Å². The fourth-order valence-electron chi connectivity index (χ4n) is 2.37. The van der Waals surface area contributed by atoms with Crippen LogP contribution in [0.4, 0.5) is 15.3 Å². The van der Waals surface area contributed by atoms with Crippen LogP contribution >= 0.6 is 11.6 Å². The van der Waals surface area contributed by atoms with Crippen LogP contribution in [0.5, 0.6) is 0 Å². The van der Waals surface area contributed by atoms with Crippen molar-refractivity contribution in [3.63, 3.8) is 0 Å². The summed E-state index contributed by atoms with van der Waals surface area (Å²) < 4.78 is 5.39. The number of benzene rings is 1. The highest BCUT2D eigenvalue weighted by Gasteiger charge is 2.25. The molecule has 0 spiro atoms. The van der Waals surface area contributed by atoms with Crippen LogP contribution in [0.25, 0.3) is 0 Å². The Labute approximate surface area is 147 Å². The van der Waals surface area contributed by atoms with Crippen molar-refractivity contribution >= 4 is 29.4 Å². The van der Waals surface area contributed by atoms with Crippen molar-refractivity contribution in [2.24, 2.45) is 0 Å². The lowest BCUT2D eigenvalue weighted by Crippen LogP contribution is -2.41. The van der Waals surface area contributed by atoms with Gasteiger partial charge in [0.25, 0.3) is 0 Å². The second-order valence-corrected chi connectivity index (χ2v) is 7.18. The van der Waals surface area contributed by atoms with Gasteiger partial charge >= 0.3 is 12.1 Å². The quantitative estimate of drug-likeness (QED) is 0.835. The zero-order chi connectivity index (χ0) is 17.7. The first-order valence-electron chi connectivity index (χ1n) is 8.04. The fourth-order valence-corrected chi connectivity index (χ4v) is 2.49. The van der Waals surface area contributed by atoms with Crippen LogP contribution in [-0.4, -0.2) is 53.7 Å². The summed E-state index contributed by atoms with van der Waals surface area (Å²) in [5.41, 5.74) is 0.173. The van der Waals surface area contributed by atoms with Crippen LogP contribution in [0.3, 0.4) is 0 Å². The molecule has 0 radical (unpaired) electrons. The largest absolute Gasteiger partial charge is 0.444 e. The van der Waals surface area contributed by atoms with Crippen LogP contribution in [0.2, 0.25) is 5.02 Å². The second kappa shape index (κ2) is 7.75. The molecule has 7 heteroatoms. The number of halogens is 1. The number of nitrogens with one attached hydrogen (secondary N) is 1. The number of carbonyl (C=O) groups excluding carboxylic acids is 2. The van der Waals surface area contributed by atoms with Gasteiger partial charge in [-0.05, 0) is 51.5 Å². The molecule has 1 fully saturated rings. The molecule has 1 aliphatic heterocycles. The Hall–Kier alpha value is -1.95.